The van der Waals surface area contributed by atoms with Gasteiger partial charge in [0.15, 0.2) is 0 Å². The Morgan fingerprint density at radius 2 is 0.914 bits per heavy atom. The molecule has 7 aromatic carbocycles. The molecule has 58 heavy (non-hydrogen) atoms. The monoisotopic (exact) mass is 777 g/mol. The van der Waals surface area contributed by atoms with Gasteiger partial charge in [0.1, 0.15) is 0 Å². The van der Waals surface area contributed by atoms with Gasteiger partial charge in [-0.2, -0.15) is 31.6 Å². The van der Waals surface area contributed by atoms with Crippen LogP contribution in [-0.4, -0.2) is 9.13 Å². The van der Waals surface area contributed by atoms with Crippen molar-refractivity contribution in [3.8, 4) is 39.7 Å². The van der Waals surface area contributed by atoms with Crippen molar-refractivity contribution in [2.24, 2.45) is 0 Å². The van der Waals surface area contributed by atoms with Crippen molar-refractivity contribution in [1.82, 2.24) is 9.13 Å². The maximum atomic E-state index is 14.7. The highest BCUT2D eigenvalue weighted by Gasteiger charge is 2.41. The van der Waals surface area contributed by atoms with E-state index in [2.05, 4.69) is 34.9 Å². The summed E-state index contributed by atoms with van der Waals surface area (Å²) in [7, 11) is 0. The van der Waals surface area contributed by atoms with Gasteiger partial charge in [-0.3, -0.25) is 0 Å². The Kier molecular flexibility index (Phi) is 8.34. The molecule has 0 fully saturated rings. The van der Waals surface area contributed by atoms with Gasteiger partial charge >= 0.3 is 12.4 Å². The number of nitrogens with zero attached hydrogens (tertiary/aromatic N) is 3. The Balaban J connectivity index is 1.42. The molecular formula is C49H33F6N3. The summed E-state index contributed by atoms with van der Waals surface area (Å²) in [5.41, 5.74) is 5.45. The summed E-state index contributed by atoms with van der Waals surface area (Å²) >= 11 is 0. The predicted octanol–water partition coefficient (Wildman–Crippen LogP) is 14.4. The number of fused-ring (bicyclic) bond motifs is 6. The van der Waals surface area contributed by atoms with Crippen LogP contribution in [-0.2, 0) is 12.4 Å². The second kappa shape index (κ2) is 13.1. The fourth-order valence-corrected chi connectivity index (χ4v) is 8.47. The van der Waals surface area contributed by atoms with Crippen LogP contribution in [0.1, 0.15) is 38.9 Å². The highest BCUT2D eigenvalue weighted by molar-refractivity contribution is 6.11. The Hall–Kier alpha value is -6.79. The third kappa shape index (κ3) is 5.90. The lowest BCUT2D eigenvalue weighted by Crippen LogP contribution is -2.14. The molecule has 0 aliphatic carbocycles. The maximum Gasteiger partial charge on any atom is 0.417 e. The highest BCUT2D eigenvalue weighted by Crippen LogP contribution is 2.47. The van der Waals surface area contributed by atoms with Crippen LogP contribution in [0.2, 0.25) is 0 Å². The van der Waals surface area contributed by atoms with Gasteiger partial charge in [-0.05, 0) is 124 Å². The number of benzene rings is 7. The van der Waals surface area contributed by atoms with Gasteiger partial charge in [-0.15, -0.1) is 0 Å². The molecule has 0 radical (unpaired) electrons. The predicted molar refractivity (Wildman–Crippen MR) is 220 cm³/mol. The molecule has 2 aromatic heterocycles. The topological polar surface area (TPSA) is 33.6 Å². The molecule has 0 saturated carbocycles. The van der Waals surface area contributed by atoms with Crippen LogP contribution >= 0.6 is 0 Å². The average Bonchev–Trinajstić information content (AvgIpc) is 3.67. The smallest absolute Gasteiger partial charge is 0.309 e. The van der Waals surface area contributed by atoms with Gasteiger partial charge in [0, 0.05) is 43.9 Å². The van der Waals surface area contributed by atoms with Crippen molar-refractivity contribution in [3.05, 3.63) is 166 Å². The van der Waals surface area contributed by atoms with Crippen molar-refractivity contribution < 1.29 is 26.3 Å². The van der Waals surface area contributed by atoms with Crippen LogP contribution in [0.5, 0.6) is 0 Å². The van der Waals surface area contributed by atoms with E-state index in [-0.39, 0.29) is 16.7 Å². The van der Waals surface area contributed by atoms with Crippen LogP contribution in [0.3, 0.4) is 0 Å². The first-order valence-corrected chi connectivity index (χ1v) is 18.6. The summed E-state index contributed by atoms with van der Waals surface area (Å²) in [5, 5.41) is 14.6. The van der Waals surface area contributed by atoms with E-state index < -0.39 is 29.0 Å². The summed E-state index contributed by atoms with van der Waals surface area (Å²) in [6.07, 6.45) is -10.2. The molecule has 0 spiro atoms. The van der Waals surface area contributed by atoms with Gasteiger partial charge in [0.2, 0.25) is 0 Å². The van der Waals surface area contributed by atoms with E-state index >= 15 is 0 Å². The average molecular weight is 778 g/mol. The van der Waals surface area contributed by atoms with E-state index in [1.165, 1.54) is 12.1 Å². The first kappa shape index (κ1) is 36.8. The minimum atomic E-state index is -5.09. The fraction of sp³-hybridized carbons (Fsp3) is 0.122. The summed E-state index contributed by atoms with van der Waals surface area (Å²) in [4.78, 5) is 0. The number of hydrogen-bond donors (Lipinski definition) is 0. The first-order chi connectivity index (χ1) is 27.6. The zero-order chi connectivity index (χ0) is 40.8. The molecule has 2 heterocycles. The van der Waals surface area contributed by atoms with Crippen LogP contribution < -0.4 is 0 Å². The molecule has 286 valence electrons. The quantitative estimate of drug-likeness (QED) is 0.164. The van der Waals surface area contributed by atoms with Gasteiger partial charge in [-0.1, -0.05) is 58.7 Å². The number of aryl methyl sites for hydroxylation is 4. The lowest BCUT2D eigenvalue weighted by Gasteiger charge is -2.22. The molecule has 9 heteroatoms. The second-order valence-corrected chi connectivity index (χ2v) is 15.1. The standard InChI is InChI=1S/C49H33F6N3/c1-27-8-15-42-35(20-27)36-21-28(2)9-16-43(36)57(42)33-14-12-32(26-56)34(25-33)39-24-31(47-40(48(50,51)52)6-5-7-41(47)49(53,54)55)13-19-46(39)58-44-17-10-29(3)22-37(44)38-23-30(4)11-18-45(38)58/h5-25H,1-4H3. The van der Waals surface area contributed by atoms with Crippen molar-refractivity contribution in [1.29, 1.82) is 5.26 Å². The van der Waals surface area contributed by atoms with Crippen LogP contribution in [0.15, 0.2) is 127 Å². The fourth-order valence-electron chi connectivity index (χ4n) is 8.47. The molecule has 0 N–H and O–H groups in total. The second-order valence-electron chi connectivity index (χ2n) is 15.1. The van der Waals surface area contributed by atoms with E-state index in [9.17, 15) is 31.6 Å². The molecule has 0 bridgehead atoms. The molecule has 3 nitrogen and oxygen atoms in total. The Bertz CT molecular complexity index is 3060. The van der Waals surface area contributed by atoms with Gasteiger partial charge in [0.25, 0.3) is 0 Å². The van der Waals surface area contributed by atoms with Crippen molar-refractivity contribution >= 4 is 43.6 Å². The summed E-state index contributed by atoms with van der Waals surface area (Å²) < 4.78 is 92.0. The number of rotatable bonds is 4. The lowest BCUT2D eigenvalue weighted by molar-refractivity contribution is -0.142. The highest BCUT2D eigenvalue weighted by atomic mass is 19.4. The number of hydrogen-bond acceptors (Lipinski definition) is 1. The number of halogens is 6. The lowest BCUT2D eigenvalue weighted by atomic mass is 9.89. The SMILES string of the molecule is Cc1ccc2c(c1)c1cc(C)ccc1n2-c1ccc(C#N)c(-c2cc(-c3c(C(F)(F)F)cccc3C(F)(F)F)ccc2-n2c3ccc(C)cc3c3cc(C)ccc32)c1. The minimum Gasteiger partial charge on any atom is -0.309 e. The molecule has 0 unspecified atom stereocenters. The third-order valence-electron chi connectivity index (χ3n) is 11.0. The summed E-state index contributed by atoms with van der Waals surface area (Å²) in [5.74, 6) is 0. The number of aromatic nitrogens is 2. The van der Waals surface area contributed by atoms with Crippen LogP contribution in [0.4, 0.5) is 26.3 Å². The van der Waals surface area contributed by atoms with Crippen molar-refractivity contribution in [3.63, 3.8) is 0 Å². The minimum absolute atomic E-state index is 0.196. The first-order valence-electron chi connectivity index (χ1n) is 18.6. The van der Waals surface area contributed by atoms with E-state index in [1.54, 1.807) is 12.1 Å². The maximum absolute atomic E-state index is 14.7. The van der Waals surface area contributed by atoms with E-state index in [4.69, 9.17) is 0 Å². The normalized spacial score (nSPS) is 12.3. The van der Waals surface area contributed by atoms with E-state index in [0.717, 1.165) is 71.9 Å². The Morgan fingerprint density at radius 1 is 0.466 bits per heavy atom. The molecule has 0 saturated heterocycles. The molecule has 0 aliphatic rings. The van der Waals surface area contributed by atoms with Crippen LogP contribution in [0, 0.1) is 39.0 Å². The molecular weight excluding hydrogens is 745 g/mol. The molecule has 0 aliphatic heterocycles. The largest absolute Gasteiger partial charge is 0.417 e. The zero-order valence-electron chi connectivity index (χ0n) is 31.7. The number of alkyl halides is 6. The van der Waals surface area contributed by atoms with Crippen molar-refractivity contribution in [2.45, 2.75) is 40.0 Å². The van der Waals surface area contributed by atoms with Gasteiger partial charge in [-0.25, -0.2) is 0 Å². The molecule has 0 amide bonds. The Morgan fingerprint density at radius 3 is 1.34 bits per heavy atom. The molecule has 0 atom stereocenters. The molecule has 9 rings (SSSR count). The zero-order valence-corrected chi connectivity index (χ0v) is 31.7. The van der Waals surface area contributed by atoms with Gasteiger partial charge in [0.05, 0.1) is 50.5 Å². The summed E-state index contributed by atoms with van der Waals surface area (Å²) in [6.45, 7) is 8.00. The molecule has 9 aromatic rings. The number of nitriles is 1. The van der Waals surface area contributed by atoms with Crippen LogP contribution in [0.25, 0.3) is 77.2 Å². The van der Waals surface area contributed by atoms with E-state index in [1.807, 2.05) is 92.9 Å². The Labute approximate surface area is 329 Å². The summed E-state index contributed by atoms with van der Waals surface area (Å²) in [6, 6.07) is 38.2. The van der Waals surface area contributed by atoms with Gasteiger partial charge < -0.3 is 9.13 Å². The van der Waals surface area contributed by atoms with Crippen molar-refractivity contribution in [2.75, 3.05) is 0 Å². The third-order valence-corrected chi connectivity index (χ3v) is 11.0. The van der Waals surface area contributed by atoms with E-state index in [0.29, 0.717) is 29.1 Å².